The largest absolute Gasteiger partial charge is 0.488 e. The zero-order chi connectivity index (χ0) is 12.8. The van der Waals surface area contributed by atoms with Crippen LogP contribution < -0.4 is 10.1 Å². The summed E-state index contributed by atoms with van der Waals surface area (Å²) in [5, 5.41) is 3.61. The highest BCUT2D eigenvalue weighted by Crippen LogP contribution is 2.17. The summed E-state index contributed by atoms with van der Waals surface area (Å²) in [4.78, 5) is 4.24. The fraction of sp³-hybridized carbons (Fsp3) is 0.667. The van der Waals surface area contributed by atoms with Crippen LogP contribution >= 0.6 is 0 Å². The van der Waals surface area contributed by atoms with Gasteiger partial charge in [0.15, 0.2) is 0 Å². The number of hydrogen-bond donors (Lipinski definition) is 1. The highest BCUT2D eigenvalue weighted by atomic mass is 16.5. The summed E-state index contributed by atoms with van der Waals surface area (Å²) in [6.07, 6.45) is 8.77. The van der Waals surface area contributed by atoms with Gasteiger partial charge in [-0.1, -0.05) is 19.3 Å². The van der Waals surface area contributed by atoms with Gasteiger partial charge in [0.1, 0.15) is 11.9 Å². The van der Waals surface area contributed by atoms with Crippen molar-refractivity contribution >= 4 is 0 Å². The number of aryl methyl sites for hydroxylation is 1. The van der Waals surface area contributed by atoms with Gasteiger partial charge in [-0.15, -0.1) is 0 Å². The molecule has 1 saturated carbocycles. The predicted molar refractivity (Wildman–Crippen MR) is 73.9 cm³/mol. The van der Waals surface area contributed by atoms with E-state index in [1.165, 1.54) is 32.1 Å². The molecule has 0 bridgehead atoms. The first-order valence-corrected chi connectivity index (χ1v) is 7.07. The Morgan fingerprint density at radius 3 is 2.78 bits per heavy atom. The summed E-state index contributed by atoms with van der Waals surface area (Å²) in [7, 11) is 0. The van der Waals surface area contributed by atoms with E-state index in [2.05, 4.69) is 17.2 Å². The molecule has 3 nitrogen and oxygen atoms in total. The van der Waals surface area contributed by atoms with E-state index in [-0.39, 0.29) is 6.10 Å². The second kappa shape index (κ2) is 6.74. The molecule has 100 valence electrons. The summed E-state index contributed by atoms with van der Waals surface area (Å²) in [6.45, 7) is 5.01. The maximum atomic E-state index is 5.84. The summed E-state index contributed by atoms with van der Waals surface area (Å²) in [5.41, 5.74) is 1.02. The molecular weight excluding hydrogens is 224 g/mol. The first-order valence-electron chi connectivity index (χ1n) is 7.07. The molecule has 3 heteroatoms. The van der Waals surface area contributed by atoms with Crippen molar-refractivity contribution in [2.75, 3.05) is 6.54 Å². The lowest BCUT2D eigenvalue weighted by molar-refractivity contribution is 0.204. The number of aromatic nitrogens is 1. The fourth-order valence-electron chi connectivity index (χ4n) is 2.44. The molecule has 1 N–H and O–H groups in total. The van der Waals surface area contributed by atoms with Crippen LogP contribution in [-0.2, 0) is 0 Å². The van der Waals surface area contributed by atoms with E-state index in [0.29, 0.717) is 6.04 Å². The van der Waals surface area contributed by atoms with Crippen LogP contribution in [-0.4, -0.2) is 23.7 Å². The molecule has 1 fully saturated rings. The van der Waals surface area contributed by atoms with Crippen LogP contribution in [0.2, 0.25) is 0 Å². The van der Waals surface area contributed by atoms with Crippen molar-refractivity contribution in [3.8, 4) is 5.75 Å². The average molecular weight is 248 g/mol. The Balaban J connectivity index is 1.71. The molecule has 2 rings (SSSR count). The highest BCUT2D eigenvalue weighted by molar-refractivity contribution is 5.19. The van der Waals surface area contributed by atoms with Gasteiger partial charge in [-0.25, -0.2) is 0 Å². The SMILES string of the molecule is Cc1ccc(OC(C)CNC2CCCCC2)cn1. The first kappa shape index (κ1) is 13.3. The summed E-state index contributed by atoms with van der Waals surface area (Å²) in [6, 6.07) is 4.66. The monoisotopic (exact) mass is 248 g/mol. The zero-order valence-electron chi connectivity index (χ0n) is 11.5. The quantitative estimate of drug-likeness (QED) is 0.869. The Morgan fingerprint density at radius 2 is 2.11 bits per heavy atom. The minimum absolute atomic E-state index is 0.191. The number of hydrogen-bond acceptors (Lipinski definition) is 3. The first-order chi connectivity index (χ1) is 8.74. The van der Waals surface area contributed by atoms with Crippen molar-refractivity contribution in [1.82, 2.24) is 10.3 Å². The fourth-order valence-corrected chi connectivity index (χ4v) is 2.44. The molecule has 1 aliphatic rings. The highest BCUT2D eigenvalue weighted by Gasteiger charge is 2.14. The summed E-state index contributed by atoms with van der Waals surface area (Å²) < 4.78 is 5.84. The normalized spacial score (nSPS) is 18.6. The number of ether oxygens (including phenoxy) is 1. The predicted octanol–water partition coefficient (Wildman–Crippen LogP) is 3.08. The molecule has 1 atom stereocenters. The van der Waals surface area contributed by atoms with Gasteiger partial charge >= 0.3 is 0 Å². The molecular formula is C15H24N2O. The molecule has 0 amide bonds. The maximum absolute atomic E-state index is 5.84. The van der Waals surface area contributed by atoms with E-state index >= 15 is 0 Å². The van der Waals surface area contributed by atoms with Gasteiger partial charge in [0.2, 0.25) is 0 Å². The molecule has 1 aliphatic carbocycles. The Bertz CT molecular complexity index is 344. The number of pyridine rings is 1. The summed E-state index contributed by atoms with van der Waals surface area (Å²) in [5.74, 6) is 0.860. The molecule has 0 saturated heterocycles. The lowest BCUT2D eigenvalue weighted by atomic mass is 9.95. The van der Waals surface area contributed by atoms with Gasteiger partial charge in [-0.2, -0.15) is 0 Å². The molecule has 1 aromatic rings. The average Bonchev–Trinajstić information content (AvgIpc) is 2.40. The van der Waals surface area contributed by atoms with E-state index in [1.54, 1.807) is 6.20 Å². The third-order valence-electron chi connectivity index (χ3n) is 3.52. The second-order valence-corrected chi connectivity index (χ2v) is 5.31. The van der Waals surface area contributed by atoms with Crippen molar-refractivity contribution < 1.29 is 4.74 Å². The van der Waals surface area contributed by atoms with Crippen molar-refractivity contribution in [1.29, 1.82) is 0 Å². The van der Waals surface area contributed by atoms with Crippen LogP contribution in [0, 0.1) is 6.92 Å². The Hall–Kier alpha value is -1.09. The molecule has 1 heterocycles. The van der Waals surface area contributed by atoms with E-state index in [0.717, 1.165) is 18.0 Å². The molecule has 0 aliphatic heterocycles. The van der Waals surface area contributed by atoms with Gasteiger partial charge in [0.25, 0.3) is 0 Å². The maximum Gasteiger partial charge on any atom is 0.138 e. The molecule has 0 spiro atoms. The van der Waals surface area contributed by atoms with Crippen LogP contribution in [0.15, 0.2) is 18.3 Å². The number of nitrogens with one attached hydrogen (secondary N) is 1. The Morgan fingerprint density at radius 1 is 1.33 bits per heavy atom. The van der Waals surface area contributed by atoms with Crippen LogP contribution in [0.3, 0.4) is 0 Å². The van der Waals surface area contributed by atoms with E-state index in [4.69, 9.17) is 4.74 Å². The third kappa shape index (κ3) is 4.30. The van der Waals surface area contributed by atoms with Crippen LogP contribution in [0.5, 0.6) is 5.75 Å². The molecule has 1 unspecified atom stereocenters. The number of nitrogens with zero attached hydrogens (tertiary/aromatic N) is 1. The van der Waals surface area contributed by atoms with Crippen molar-refractivity contribution in [2.45, 2.75) is 58.1 Å². The smallest absolute Gasteiger partial charge is 0.138 e. The standard InChI is InChI=1S/C15H24N2O/c1-12-8-9-15(11-16-12)18-13(2)10-17-14-6-4-3-5-7-14/h8-9,11,13-14,17H,3-7,10H2,1-2H3. The molecule has 0 aromatic carbocycles. The van der Waals surface area contributed by atoms with Gasteiger partial charge in [-0.05, 0) is 38.8 Å². The molecule has 1 aromatic heterocycles. The lowest BCUT2D eigenvalue weighted by Gasteiger charge is -2.24. The minimum Gasteiger partial charge on any atom is -0.488 e. The minimum atomic E-state index is 0.191. The van der Waals surface area contributed by atoms with Crippen LogP contribution in [0.25, 0.3) is 0 Å². The Kier molecular flexibility index (Phi) is 5.00. The third-order valence-corrected chi connectivity index (χ3v) is 3.52. The second-order valence-electron chi connectivity index (χ2n) is 5.31. The van der Waals surface area contributed by atoms with Crippen LogP contribution in [0.4, 0.5) is 0 Å². The van der Waals surface area contributed by atoms with E-state index < -0.39 is 0 Å². The van der Waals surface area contributed by atoms with E-state index in [1.807, 2.05) is 19.1 Å². The Labute approximate surface area is 110 Å². The summed E-state index contributed by atoms with van der Waals surface area (Å²) >= 11 is 0. The van der Waals surface area contributed by atoms with E-state index in [9.17, 15) is 0 Å². The molecule has 0 radical (unpaired) electrons. The molecule has 18 heavy (non-hydrogen) atoms. The van der Waals surface area contributed by atoms with Crippen molar-refractivity contribution in [3.05, 3.63) is 24.0 Å². The van der Waals surface area contributed by atoms with Crippen LogP contribution in [0.1, 0.15) is 44.7 Å². The van der Waals surface area contributed by atoms with Crippen molar-refractivity contribution in [2.24, 2.45) is 0 Å². The van der Waals surface area contributed by atoms with Gasteiger partial charge in [0, 0.05) is 18.3 Å². The van der Waals surface area contributed by atoms with Gasteiger partial charge in [-0.3, -0.25) is 4.98 Å². The number of rotatable bonds is 5. The lowest BCUT2D eigenvalue weighted by Crippen LogP contribution is -2.37. The van der Waals surface area contributed by atoms with Gasteiger partial charge in [0.05, 0.1) is 6.20 Å². The van der Waals surface area contributed by atoms with Crippen molar-refractivity contribution in [3.63, 3.8) is 0 Å². The van der Waals surface area contributed by atoms with Gasteiger partial charge < -0.3 is 10.1 Å². The topological polar surface area (TPSA) is 34.1 Å². The zero-order valence-corrected chi connectivity index (χ0v) is 11.5.